The van der Waals surface area contributed by atoms with Crippen LogP contribution in [0.15, 0.2) is 6.20 Å². The van der Waals surface area contributed by atoms with Crippen LogP contribution < -0.4 is 10.6 Å². The van der Waals surface area contributed by atoms with Crippen molar-refractivity contribution < 1.29 is 0 Å². The maximum atomic E-state index is 4.47. The molecule has 4 heteroatoms. The first-order valence-corrected chi connectivity index (χ1v) is 7.67. The Bertz CT molecular complexity index is 341. The van der Waals surface area contributed by atoms with Gasteiger partial charge in [-0.15, -0.1) is 11.3 Å². The van der Waals surface area contributed by atoms with Gasteiger partial charge in [0.2, 0.25) is 0 Å². The van der Waals surface area contributed by atoms with Crippen molar-refractivity contribution in [2.75, 3.05) is 13.1 Å². The maximum absolute atomic E-state index is 4.47. The van der Waals surface area contributed by atoms with Crippen molar-refractivity contribution in [2.24, 2.45) is 0 Å². The number of thiazole rings is 1. The van der Waals surface area contributed by atoms with Crippen LogP contribution in [0, 0.1) is 0 Å². The summed E-state index contributed by atoms with van der Waals surface area (Å²) in [7, 11) is 0. The first-order chi connectivity index (χ1) is 8.42. The first-order valence-electron chi connectivity index (χ1n) is 6.85. The SMILES string of the molecule is CCc1cnc(C(C)NCCCNC(C)(C)C)s1. The van der Waals surface area contributed by atoms with Gasteiger partial charge in [-0.25, -0.2) is 4.98 Å². The predicted octanol–water partition coefficient (Wildman–Crippen LogP) is 3.13. The normalized spacial score (nSPS) is 13.8. The molecule has 1 atom stereocenters. The van der Waals surface area contributed by atoms with Crippen LogP contribution in [0.5, 0.6) is 0 Å². The summed E-state index contributed by atoms with van der Waals surface area (Å²) in [5.41, 5.74) is 0.219. The number of hydrogen-bond acceptors (Lipinski definition) is 4. The van der Waals surface area contributed by atoms with Gasteiger partial charge in [-0.2, -0.15) is 0 Å². The van der Waals surface area contributed by atoms with Gasteiger partial charge in [0.15, 0.2) is 0 Å². The van der Waals surface area contributed by atoms with Crippen LogP contribution >= 0.6 is 11.3 Å². The Balaban J connectivity index is 2.19. The summed E-state index contributed by atoms with van der Waals surface area (Å²) in [5, 5.41) is 8.23. The zero-order valence-electron chi connectivity index (χ0n) is 12.3. The van der Waals surface area contributed by atoms with E-state index in [2.05, 4.69) is 50.2 Å². The fraction of sp³-hybridized carbons (Fsp3) is 0.786. The fourth-order valence-corrected chi connectivity index (χ4v) is 2.53. The summed E-state index contributed by atoms with van der Waals surface area (Å²) in [4.78, 5) is 5.83. The molecule has 0 radical (unpaired) electrons. The quantitative estimate of drug-likeness (QED) is 0.747. The van der Waals surface area contributed by atoms with Gasteiger partial charge in [0.05, 0.1) is 6.04 Å². The van der Waals surface area contributed by atoms with Crippen LogP contribution in [-0.2, 0) is 6.42 Å². The number of nitrogens with zero attached hydrogens (tertiary/aromatic N) is 1. The van der Waals surface area contributed by atoms with E-state index in [-0.39, 0.29) is 5.54 Å². The van der Waals surface area contributed by atoms with Gasteiger partial charge in [-0.1, -0.05) is 6.92 Å². The van der Waals surface area contributed by atoms with E-state index in [1.165, 1.54) is 9.88 Å². The highest BCUT2D eigenvalue weighted by molar-refractivity contribution is 7.11. The van der Waals surface area contributed by atoms with Gasteiger partial charge in [0, 0.05) is 16.6 Å². The van der Waals surface area contributed by atoms with Gasteiger partial charge in [-0.3, -0.25) is 0 Å². The van der Waals surface area contributed by atoms with Crippen molar-refractivity contribution in [1.82, 2.24) is 15.6 Å². The summed E-state index contributed by atoms with van der Waals surface area (Å²) in [6.45, 7) is 13.1. The smallest absolute Gasteiger partial charge is 0.109 e. The Kier molecular flexibility index (Phi) is 6.26. The molecule has 1 heterocycles. The van der Waals surface area contributed by atoms with Crippen LogP contribution in [0.25, 0.3) is 0 Å². The molecule has 0 aromatic carbocycles. The van der Waals surface area contributed by atoms with E-state index in [0.717, 1.165) is 25.9 Å². The number of aromatic nitrogens is 1. The molecule has 0 saturated heterocycles. The Morgan fingerprint density at radius 3 is 2.61 bits per heavy atom. The average Bonchev–Trinajstić information content (AvgIpc) is 2.75. The molecular formula is C14H27N3S. The highest BCUT2D eigenvalue weighted by Crippen LogP contribution is 2.19. The number of hydrogen-bond donors (Lipinski definition) is 2. The lowest BCUT2D eigenvalue weighted by molar-refractivity contribution is 0.414. The Morgan fingerprint density at radius 2 is 2.06 bits per heavy atom. The molecule has 104 valence electrons. The predicted molar refractivity (Wildman–Crippen MR) is 80.3 cm³/mol. The van der Waals surface area contributed by atoms with Gasteiger partial charge in [0.1, 0.15) is 5.01 Å². The average molecular weight is 269 g/mol. The van der Waals surface area contributed by atoms with Crippen molar-refractivity contribution in [1.29, 1.82) is 0 Å². The first kappa shape index (κ1) is 15.6. The van der Waals surface area contributed by atoms with E-state index in [9.17, 15) is 0 Å². The summed E-state index contributed by atoms with van der Waals surface area (Å²) < 4.78 is 0. The highest BCUT2D eigenvalue weighted by atomic mass is 32.1. The van der Waals surface area contributed by atoms with E-state index < -0.39 is 0 Å². The fourth-order valence-electron chi connectivity index (χ4n) is 1.64. The van der Waals surface area contributed by atoms with Crippen molar-refractivity contribution in [2.45, 2.75) is 59.0 Å². The molecular weight excluding hydrogens is 242 g/mol. The largest absolute Gasteiger partial charge is 0.312 e. The molecule has 0 spiro atoms. The molecule has 0 bridgehead atoms. The highest BCUT2D eigenvalue weighted by Gasteiger charge is 2.10. The standard InChI is InChI=1S/C14H27N3S/c1-6-12-10-16-13(18-12)11(2)15-8-7-9-17-14(3,4)5/h10-11,15,17H,6-9H2,1-5H3. The third-order valence-electron chi connectivity index (χ3n) is 2.75. The van der Waals surface area contributed by atoms with E-state index >= 15 is 0 Å². The van der Waals surface area contributed by atoms with Crippen LogP contribution in [0.2, 0.25) is 0 Å². The van der Waals surface area contributed by atoms with Gasteiger partial charge in [0.25, 0.3) is 0 Å². The van der Waals surface area contributed by atoms with Crippen LogP contribution in [0.1, 0.15) is 57.0 Å². The second kappa shape index (κ2) is 7.22. The zero-order valence-corrected chi connectivity index (χ0v) is 13.2. The molecule has 0 aliphatic heterocycles. The summed E-state index contributed by atoms with van der Waals surface area (Å²) >= 11 is 1.82. The number of nitrogens with one attached hydrogen (secondary N) is 2. The van der Waals surface area contributed by atoms with Gasteiger partial charge >= 0.3 is 0 Å². The van der Waals surface area contributed by atoms with Crippen LogP contribution in [-0.4, -0.2) is 23.6 Å². The second-order valence-corrected chi connectivity index (χ2v) is 6.87. The summed E-state index contributed by atoms with van der Waals surface area (Å²) in [6.07, 6.45) is 4.23. The molecule has 0 fully saturated rings. The second-order valence-electron chi connectivity index (χ2n) is 5.72. The summed E-state index contributed by atoms with van der Waals surface area (Å²) in [5.74, 6) is 0. The van der Waals surface area contributed by atoms with E-state index in [0.29, 0.717) is 6.04 Å². The molecule has 1 unspecified atom stereocenters. The molecule has 3 nitrogen and oxygen atoms in total. The third kappa shape index (κ3) is 5.94. The lowest BCUT2D eigenvalue weighted by atomic mass is 10.1. The lowest BCUT2D eigenvalue weighted by Crippen LogP contribution is -2.37. The molecule has 0 aliphatic carbocycles. The van der Waals surface area contributed by atoms with Gasteiger partial charge < -0.3 is 10.6 Å². The van der Waals surface area contributed by atoms with Crippen molar-refractivity contribution >= 4 is 11.3 Å². The third-order valence-corrected chi connectivity index (χ3v) is 4.07. The molecule has 0 aliphatic rings. The molecule has 1 aromatic rings. The van der Waals surface area contributed by atoms with Crippen LogP contribution in [0.3, 0.4) is 0 Å². The zero-order chi connectivity index (χ0) is 13.6. The molecule has 0 amide bonds. The topological polar surface area (TPSA) is 37.0 Å². The van der Waals surface area contributed by atoms with Crippen molar-refractivity contribution in [3.05, 3.63) is 16.1 Å². The van der Waals surface area contributed by atoms with Crippen molar-refractivity contribution in [3.63, 3.8) is 0 Å². The monoisotopic (exact) mass is 269 g/mol. The van der Waals surface area contributed by atoms with E-state index in [1.54, 1.807) is 0 Å². The molecule has 0 saturated carbocycles. The molecule has 2 N–H and O–H groups in total. The van der Waals surface area contributed by atoms with E-state index in [1.807, 2.05) is 17.5 Å². The Hall–Kier alpha value is -0.450. The molecule has 1 aromatic heterocycles. The van der Waals surface area contributed by atoms with Crippen LogP contribution in [0.4, 0.5) is 0 Å². The Morgan fingerprint density at radius 1 is 1.33 bits per heavy atom. The minimum absolute atomic E-state index is 0.219. The number of aryl methyl sites for hydroxylation is 1. The maximum Gasteiger partial charge on any atom is 0.109 e. The minimum atomic E-state index is 0.219. The molecule has 1 rings (SSSR count). The number of rotatable bonds is 7. The minimum Gasteiger partial charge on any atom is -0.312 e. The van der Waals surface area contributed by atoms with Gasteiger partial charge in [-0.05, 0) is 53.6 Å². The molecule has 18 heavy (non-hydrogen) atoms. The van der Waals surface area contributed by atoms with E-state index in [4.69, 9.17) is 0 Å². The summed E-state index contributed by atoms with van der Waals surface area (Å²) in [6, 6.07) is 0.366. The van der Waals surface area contributed by atoms with Crippen molar-refractivity contribution in [3.8, 4) is 0 Å². The lowest BCUT2D eigenvalue weighted by Gasteiger charge is -2.20. The Labute approximate surface area is 115 Å².